The van der Waals surface area contributed by atoms with Crippen molar-refractivity contribution in [2.45, 2.75) is 32.2 Å². The molecule has 1 atom stereocenters. The number of amides is 2. The van der Waals surface area contributed by atoms with Gasteiger partial charge in [0, 0.05) is 26.2 Å². The molecule has 19 heavy (non-hydrogen) atoms. The number of urea groups is 1. The highest BCUT2D eigenvalue weighted by Gasteiger charge is 2.29. The van der Waals surface area contributed by atoms with Crippen LogP contribution in [0.5, 0.6) is 0 Å². The number of carbonyl (C=O) groups is 2. The fourth-order valence-corrected chi connectivity index (χ4v) is 2.79. The number of likely N-dealkylation sites (tertiary alicyclic amines) is 1. The lowest BCUT2D eigenvalue weighted by atomic mass is 9.97. The van der Waals surface area contributed by atoms with Crippen molar-refractivity contribution < 1.29 is 14.7 Å². The average Bonchev–Trinajstić information content (AvgIpc) is 2.43. The third kappa shape index (κ3) is 4.60. The molecule has 6 heteroatoms. The highest BCUT2D eigenvalue weighted by Crippen LogP contribution is 2.19. The number of aliphatic carboxylic acids is 1. The molecule has 0 aromatic carbocycles. The second kappa shape index (κ2) is 7.62. The Morgan fingerprint density at radius 3 is 2.47 bits per heavy atom. The molecular weight excluding hydrogens is 264 g/mol. The van der Waals surface area contributed by atoms with Crippen LogP contribution in [0, 0.1) is 5.92 Å². The summed E-state index contributed by atoms with van der Waals surface area (Å²) in [6.07, 6.45) is 4.17. The number of carboxylic acid groups (broad SMARTS) is 1. The maximum atomic E-state index is 12.3. The van der Waals surface area contributed by atoms with Crippen LogP contribution in [0.25, 0.3) is 0 Å². The highest BCUT2D eigenvalue weighted by molar-refractivity contribution is 7.98. The van der Waals surface area contributed by atoms with Crippen molar-refractivity contribution in [2.75, 3.05) is 32.1 Å². The van der Waals surface area contributed by atoms with Gasteiger partial charge in [-0.1, -0.05) is 0 Å². The molecule has 1 aliphatic rings. The molecule has 2 amide bonds. The number of piperidine rings is 1. The summed E-state index contributed by atoms with van der Waals surface area (Å²) in [6, 6.07) is 0.245. The van der Waals surface area contributed by atoms with Gasteiger partial charge in [-0.3, -0.25) is 4.79 Å². The number of nitrogens with zero attached hydrogens (tertiary/aromatic N) is 2. The van der Waals surface area contributed by atoms with E-state index in [0.717, 1.165) is 12.2 Å². The molecule has 1 fully saturated rings. The number of carboxylic acids is 1. The van der Waals surface area contributed by atoms with Crippen molar-refractivity contribution in [3.05, 3.63) is 0 Å². The van der Waals surface area contributed by atoms with Crippen LogP contribution in [0.3, 0.4) is 0 Å². The standard InChI is InChI=1S/C13H24N2O3S/c1-10(6-9-19-3)14(2)13(18)15-7-4-11(5-8-15)12(16)17/h10-11H,4-9H2,1-3H3,(H,16,17). The number of hydrogen-bond donors (Lipinski definition) is 1. The summed E-state index contributed by atoms with van der Waals surface area (Å²) in [6.45, 7) is 3.16. The smallest absolute Gasteiger partial charge is 0.319 e. The van der Waals surface area contributed by atoms with Gasteiger partial charge < -0.3 is 14.9 Å². The minimum absolute atomic E-state index is 0.0254. The fourth-order valence-electron chi connectivity index (χ4n) is 2.21. The van der Waals surface area contributed by atoms with E-state index in [4.69, 9.17) is 5.11 Å². The van der Waals surface area contributed by atoms with Gasteiger partial charge in [0.2, 0.25) is 0 Å². The van der Waals surface area contributed by atoms with Crippen LogP contribution in [0.4, 0.5) is 4.79 Å². The van der Waals surface area contributed by atoms with Crippen LogP contribution in [-0.4, -0.2) is 65.1 Å². The van der Waals surface area contributed by atoms with Gasteiger partial charge in [-0.15, -0.1) is 0 Å². The van der Waals surface area contributed by atoms with Gasteiger partial charge in [0.25, 0.3) is 0 Å². The van der Waals surface area contributed by atoms with Crippen LogP contribution >= 0.6 is 11.8 Å². The molecule has 0 spiro atoms. The van der Waals surface area contributed by atoms with E-state index < -0.39 is 5.97 Å². The van der Waals surface area contributed by atoms with Crippen molar-refractivity contribution >= 4 is 23.8 Å². The molecule has 0 radical (unpaired) electrons. The Bertz CT molecular complexity index is 317. The summed E-state index contributed by atoms with van der Waals surface area (Å²) >= 11 is 1.78. The number of hydrogen-bond acceptors (Lipinski definition) is 3. The summed E-state index contributed by atoms with van der Waals surface area (Å²) in [5.74, 6) is 0.0110. The first-order valence-corrected chi connectivity index (χ1v) is 8.10. The van der Waals surface area contributed by atoms with E-state index in [9.17, 15) is 9.59 Å². The number of thioether (sulfide) groups is 1. The van der Waals surface area contributed by atoms with Crippen LogP contribution in [0.1, 0.15) is 26.2 Å². The Kier molecular flexibility index (Phi) is 6.48. The molecule has 110 valence electrons. The Morgan fingerprint density at radius 2 is 2.00 bits per heavy atom. The van der Waals surface area contributed by atoms with Crippen LogP contribution in [0.2, 0.25) is 0 Å². The summed E-state index contributed by atoms with van der Waals surface area (Å²) in [7, 11) is 1.83. The van der Waals surface area contributed by atoms with E-state index in [-0.39, 0.29) is 18.0 Å². The lowest BCUT2D eigenvalue weighted by Gasteiger charge is -2.35. The van der Waals surface area contributed by atoms with Crippen molar-refractivity contribution in [1.29, 1.82) is 0 Å². The minimum atomic E-state index is -0.742. The van der Waals surface area contributed by atoms with Gasteiger partial charge in [-0.25, -0.2) is 4.79 Å². The molecule has 1 aliphatic heterocycles. The first kappa shape index (κ1) is 16.1. The zero-order valence-electron chi connectivity index (χ0n) is 12.0. The van der Waals surface area contributed by atoms with E-state index in [2.05, 4.69) is 13.2 Å². The van der Waals surface area contributed by atoms with Crippen molar-refractivity contribution in [3.8, 4) is 0 Å². The molecule has 1 unspecified atom stereocenters. The first-order chi connectivity index (χ1) is 8.97. The van der Waals surface area contributed by atoms with Gasteiger partial charge in [-0.2, -0.15) is 11.8 Å². The first-order valence-electron chi connectivity index (χ1n) is 6.70. The van der Waals surface area contributed by atoms with E-state index >= 15 is 0 Å². The van der Waals surface area contributed by atoms with E-state index in [1.54, 1.807) is 21.6 Å². The minimum Gasteiger partial charge on any atom is -0.481 e. The summed E-state index contributed by atoms with van der Waals surface area (Å²) < 4.78 is 0. The van der Waals surface area contributed by atoms with E-state index in [1.807, 2.05) is 7.05 Å². The summed E-state index contributed by atoms with van der Waals surface area (Å²) in [5, 5.41) is 8.94. The topological polar surface area (TPSA) is 60.9 Å². The Labute approximate surface area is 119 Å². The van der Waals surface area contributed by atoms with Crippen LogP contribution < -0.4 is 0 Å². The maximum Gasteiger partial charge on any atom is 0.319 e. The number of carbonyl (C=O) groups excluding carboxylic acids is 1. The zero-order chi connectivity index (χ0) is 14.4. The molecule has 0 saturated carbocycles. The summed E-state index contributed by atoms with van der Waals surface area (Å²) in [5.41, 5.74) is 0. The zero-order valence-corrected chi connectivity index (χ0v) is 12.8. The molecular formula is C13H24N2O3S. The molecule has 1 N–H and O–H groups in total. The largest absolute Gasteiger partial charge is 0.481 e. The normalized spacial score (nSPS) is 18.2. The van der Waals surface area contributed by atoms with Crippen molar-refractivity contribution in [2.24, 2.45) is 5.92 Å². The Morgan fingerprint density at radius 1 is 1.42 bits per heavy atom. The quantitative estimate of drug-likeness (QED) is 0.840. The monoisotopic (exact) mass is 288 g/mol. The molecule has 0 aromatic rings. The van der Waals surface area contributed by atoms with E-state index in [1.165, 1.54) is 0 Å². The Balaban J connectivity index is 2.43. The summed E-state index contributed by atoms with van der Waals surface area (Å²) in [4.78, 5) is 26.7. The SMILES string of the molecule is CSCCC(C)N(C)C(=O)N1CCC(C(=O)O)CC1. The second-order valence-corrected chi connectivity index (χ2v) is 6.11. The van der Waals surface area contributed by atoms with Gasteiger partial charge in [-0.05, 0) is 38.2 Å². The molecule has 5 nitrogen and oxygen atoms in total. The van der Waals surface area contributed by atoms with E-state index in [0.29, 0.717) is 25.9 Å². The average molecular weight is 288 g/mol. The lowest BCUT2D eigenvalue weighted by molar-refractivity contribution is -0.143. The third-order valence-electron chi connectivity index (χ3n) is 3.82. The fraction of sp³-hybridized carbons (Fsp3) is 0.846. The second-order valence-electron chi connectivity index (χ2n) is 5.12. The highest BCUT2D eigenvalue weighted by atomic mass is 32.2. The van der Waals surface area contributed by atoms with Gasteiger partial charge >= 0.3 is 12.0 Å². The van der Waals surface area contributed by atoms with Crippen molar-refractivity contribution in [1.82, 2.24) is 9.80 Å². The molecule has 1 saturated heterocycles. The van der Waals surface area contributed by atoms with Crippen LogP contribution in [-0.2, 0) is 4.79 Å². The molecule has 1 rings (SSSR count). The molecule has 1 heterocycles. The third-order valence-corrected chi connectivity index (χ3v) is 4.46. The van der Waals surface area contributed by atoms with Gasteiger partial charge in [0.05, 0.1) is 5.92 Å². The maximum absolute atomic E-state index is 12.3. The molecule has 0 bridgehead atoms. The van der Waals surface area contributed by atoms with Crippen LogP contribution in [0.15, 0.2) is 0 Å². The molecule has 0 aliphatic carbocycles. The predicted molar refractivity (Wildman–Crippen MR) is 77.6 cm³/mol. The predicted octanol–water partition coefficient (Wildman–Crippen LogP) is 1.98. The van der Waals surface area contributed by atoms with Gasteiger partial charge in [0.15, 0.2) is 0 Å². The Hall–Kier alpha value is -0.910. The number of rotatable bonds is 5. The molecule has 0 aromatic heterocycles. The van der Waals surface area contributed by atoms with Crippen molar-refractivity contribution in [3.63, 3.8) is 0 Å². The van der Waals surface area contributed by atoms with Gasteiger partial charge in [0.1, 0.15) is 0 Å². The lowest BCUT2D eigenvalue weighted by Crippen LogP contribution is -2.48.